The molecule has 28 heavy (non-hydrogen) atoms. The van der Waals surface area contributed by atoms with Crippen molar-refractivity contribution in [2.24, 2.45) is 0 Å². The summed E-state index contributed by atoms with van der Waals surface area (Å²) < 4.78 is 84.2. The minimum Gasteiger partial charge on any atom is -0.386 e. The second-order valence-corrected chi connectivity index (χ2v) is 7.00. The summed E-state index contributed by atoms with van der Waals surface area (Å²) >= 11 is 0. The summed E-state index contributed by atoms with van der Waals surface area (Å²) in [6.07, 6.45) is 0. The summed E-state index contributed by atoms with van der Waals surface area (Å²) in [6.45, 7) is 0.848. The van der Waals surface area contributed by atoms with Gasteiger partial charge in [0.25, 0.3) is 0 Å². The average molecular weight is 412 g/mol. The van der Waals surface area contributed by atoms with E-state index in [-0.39, 0.29) is 11.5 Å². The van der Waals surface area contributed by atoms with Crippen LogP contribution in [-0.2, 0) is 4.57 Å². The molecule has 3 rings (SSSR count). The lowest BCUT2D eigenvalue weighted by molar-refractivity contribution is 0.280. The number of benzene rings is 3. The lowest BCUT2D eigenvalue weighted by atomic mass is 10.2. The lowest BCUT2D eigenvalue weighted by Gasteiger charge is -2.20. The van der Waals surface area contributed by atoms with Gasteiger partial charge in [-0.2, -0.15) is 13.3 Å². The van der Waals surface area contributed by atoms with E-state index in [2.05, 4.69) is 0 Å². The Bertz CT molecular complexity index is 955. The van der Waals surface area contributed by atoms with Gasteiger partial charge >= 0.3 is 7.82 Å². The highest BCUT2D eigenvalue weighted by molar-refractivity contribution is 7.49. The SMILES string of the molecule is Cc1c(F)c(F)c(OP(=O)(Oc2ccccc2)Oc2ccccc2)c(F)c1F. The van der Waals surface area contributed by atoms with Crippen LogP contribution in [0.3, 0.4) is 0 Å². The zero-order valence-electron chi connectivity index (χ0n) is 14.4. The van der Waals surface area contributed by atoms with Crippen molar-refractivity contribution in [2.45, 2.75) is 6.92 Å². The zero-order chi connectivity index (χ0) is 20.3. The van der Waals surface area contributed by atoms with Crippen molar-refractivity contribution in [3.05, 3.63) is 89.5 Å². The molecule has 3 aromatic rings. The van der Waals surface area contributed by atoms with E-state index in [1.54, 1.807) is 12.1 Å². The quantitative estimate of drug-likeness (QED) is 0.275. The van der Waals surface area contributed by atoms with Crippen LogP contribution in [0, 0.1) is 30.2 Å². The van der Waals surface area contributed by atoms with Gasteiger partial charge in [0.1, 0.15) is 11.5 Å². The Morgan fingerprint density at radius 1 is 0.643 bits per heavy atom. The molecule has 9 heteroatoms. The Kier molecular flexibility index (Phi) is 5.61. The van der Waals surface area contributed by atoms with Gasteiger partial charge in [0.05, 0.1) is 0 Å². The molecule has 0 aromatic heterocycles. The molecule has 0 aliphatic rings. The van der Waals surface area contributed by atoms with Gasteiger partial charge in [-0.25, -0.2) is 8.78 Å². The van der Waals surface area contributed by atoms with E-state index in [0.717, 1.165) is 6.92 Å². The van der Waals surface area contributed by atoms with Crippen LogP contribution < -0.4 is 13.6 Å². The molecule has 0 N–H and O–H groups in total. The number of hydrogen-bond acceptors (Lipinski definition) is 4. The van der Waals surface area contributed by atoms with Crippen molar-refractivity contribution < 1.29 is 35.7 Å². The standard InChI is InChI=1S/C19H13F4O4P/c1-12-15(20)17(22)19(18(23)16(12)21)27-28(24,25-13-8-4-2-5-9-13)26-14-10-6-3-7-11-14/h2-11H,1H3. The van der Waals surface area contributed by atoms with Crippen LogP contribution in [0.1, 0.15) is 5.56 Å². The monoisotopic (exact) mass is 412 g/mol. The highest BCUT2D eigenvalue weighted by Gasteiger charge is 2.37. The maximum Gasteiger partial charge on any atom is 0.647 e. The number of phosphoric ester groups is 1. The van der Waals surface area contributed by atoms with Crippen molar-refractivity contribution in [1.82, 2.24) is 0 Å². The number of para-hydroxylation sites is 2. The van der Waals surface area contributed by atoms with Gasteiger partial charge in [0.15, 0.2) is 11.6 Å². The summed E-state index contributed by atoms with van der Waals surface area (Å²) in [5.74, 6) is -8.66. The molecule has 4 nitrogen and oxygen atoms in total. The normalized spacial score (nSPS) is 11.2. The molecule has 0 heterocycles. The fraction of sp³-hybridized carbons (Fsp3) is 0.0526. The molecule has 0 aliphatic carbocycles. The topological polar surface area (TPSA) is 44.8 Å². The average Bonchev–Trinajstić information content (AvgIpc) is 2.70. The first-order valence-corrected chi connectivity index (χ1v) is 9.38. The van der Waals surface area contributed by atoms with Crippen LogP contribution in [0.5, 0.6) is 17.2 Å². The molecule has 0 unspecified atom stereocenters. The summed E-state index contributed by atoms with van der Waals surface area (Å²) in [6, 6.07) is 15.0. The third-order valence-electron chi connectivity index (χ3n) is 3.57. The first-order valence-electron chi connectivity index (χ1n) is 7.92. The third-order valence-corrected chi connectivity index (χ3v) is 4.84. The maximum atomic E-state index is 14.2. The van der Waals surface area contributed by atoms with Gasteiger partial charge in [0.2, 0.25) is 17.4 Å². The fourth-order valence-electron chi connectivity index (χ4n) is 2.19. The van der Waals surface area contributed by atoms with Gasteiger partial charge in [-0.3, -0.25) is 0 Å². The molecule has 0 atom stereocenters. The predicted molar refractivity (Wildman–Crippen MR) is 93.4 cm³/mol. The van der Waals surface area contributed by atoms with Gasteiger partial charge in [-0.15, -0.1) is 0 Å². The van der Waals surface area contributed by atoms with Crippen molar-refractivity contribution in [3.63, 3.8) is 0 Å². The molecule has 3 aromatic carbocycles. The molecule has 0 radical (unpaired) electrons. The molecule has 146 valence electrons. The number of hydrogen-bond donors (Lipinski definition) is 0. The van der Waals surface area contributed by atoms with Crippen molar-refractivity contribution in [3.8, 4) is 17.2 Å². The van der Waals surface area contributed by atoms with E-state index in [4.69, 9.17) is 13.6 Å². The van der Waals surface area contributed by atoms with E-state index in [9.17, 15) is 22.1 Å². The minimum atomic E-state index is -4.81. The Morgan fingerprint density at radius 3 is 1.43 bits per heavy atom. The molecule has 0 spiro atoms. The van der Waals surface area contributed by atoms with Crippen molar-refractivity contribution in [2.75, 3.05) is 0 Å². The van der Waals surface area contributed by atoms with Crippen molar-refractivity contribution >= 4 is 7.82 Å². The first kappa shape index (κ1) is 19.8. The van der Waals surface area contributed by atoms with Crippen LogP contribution in [-0.4, -0.2) is 0 Å². The number of phosphoric acid groups is 1. The zero-order valence-corrected chi connectivity index (χ0v) is 15.3. The summed E-state index contributed by atoms with van der Waals surface area (Å²) in [4.78, 5) is 0. The highest BCUT2D eigenvalue weighted by Crippen LogP contribution is 2.51. The van der Waals surface area contributed by atoms with E-state index in [1.807, 2.05) is 0 Å². The molecule has 0 saturated carbocycles. The van der Waals surface area contributed by atoms with E-state index in [0.29, 0.717) is 0 Å². The van der Waals surface area contributed by atoms with E-state index < -0.39 is 42.4 Å². The molecule has 0 saturated heterocycles. The van der Waals surface area contributed by atoms with E-state index in [1.165, 1.54) is 48.5 Å². The Morgan fingerprint density at radius 2 is 1.04 bits per heavy atom. The highest BCUT2D eigenvalue weighted by atomic mass is 31.2. The van der Waals surface area contributed by atoms with Gasteiger partial charge in [-0.1, -0.05) is 36.4 Å². The van der Waals surface area contributed by atoms with Gasteiger partial charge in [-0.05, 0) is 31.2 Å². The molecular formula is C19H13F4O4P. The second kappa shape index (κ2) is 7.94. The largest absolute Gasteiger partial charge is 0.647 e. The summed E-state index contributed by atoms with van der Waals surface area (Å²) in [7, 11) is -4.81. The molecule has 0 bridgehead atoms. The van der Waals surface area contributed by atoms with Crippen LogP contribution >= 0.6 is 7.82 Å². The Hall–Kier alpha value is -2.99. The smallest absolute Gasteiger partial charge is 0.386 e. The summed E-state index contributed by atoms with van der Waals surface area (Å²) in [5.41, 5.74) is -0.884. The van der Waals surface area contributed by atoms with Crippen molar-refractivity contribution in [1.29, 1.82) is 0 Å². The van der Waals surface area contributed by atoms with Crippen LogP contribution in [0.25, 0.3) is 0 Å². The molecule has 0 amide bonds. The fourth-order valence-corrected chi connectivity index (χ4v) is 3.45. The first-order chi connectivity index (χ1) is 13.3. The molecule has 0 fully saturated rings. The Labute approximate surface area is 157 Å². The van der Waals surface area contributed by atoms with Gasteiger partial charge < -0.3 is 13.6 Å². The minimum absolute atomic E-state index is 0.0179. The molecule has 0 aliphatic heterocycles. The number of rotatable bonds is 6. The third kappa shape index (κ3) is 4.12. The second-order valence-electron chi connectivity index (χ2n) is 5.56. The number of halogens is 4. The Balaban J connectivity index is 2.04. The maximum absolute atomic E-state index is 14.2. The van der Waals surface area contributed by atoms with E-state index >= 15 is 0 Å². The molecular weight excluding hydrogens is 399 g/mol. The van der Waals surface area contributed by atoms with Gasteiger partial charge in [0, 0.05) is 5.56 Å². The van der Waals surface area contributed by atoms with Crippen LogP contribution in [0.15, 0.2) is 60.7 Å². The summed E-state index contributed by atoms with van der Waals surface area (Å²) in [5, 5.41) is 0. The van der Waals surface area contributed by atoms with Crippen LogP contribution in [0.4, 0.5) is 17.6 Å². The predicted octanol–water partition coefficient (Wildman–Crippen LogP) is 6.20. The lowest BCUT2D eigenvalue weighted by Crippen LogP contribution is -2.11. The van der Waals surface area contributed by atoms with Crippen LogP contribution in [0.2, 0.25) is 0 Å².